The molecule has 1 N–H and O–H groups in total. The van der Waals surface area contributed by atoms with Gasteiger partial charge in [0.25, 0.3) is 0 Å². The average Bonchev–Trinajstić information content (AvgIpc) is 3.07. The molecule has 1 aliphatic rings. The number of halogens is 1. The zero-order chi connectivity index (χ0) is 19.6. The van der Waals surface area contributed by atoms with E-state index in [1.165, 1.54) is 18.0 Å². The molecule has 0 aromatic heterocycles. The molecule has 0 spiro atoms. The Kier molecular flexibility index (Phi) is 5.27. The van der Waals surface area contributed by atoms with Gasteiger partial charge in [-0.25, -0.2) is 17.8 Å². The van der Waals surface area contributed by atoms with Crippen molar-refractivity contribution in [2.75, 3.05) is 10.5 Å². The van der Waals surface area contributed by atoms with Crippen LogP contribution in [0.15, 0.2) is 53.6 Å². The van der Waals surface area contributed by atoms with Crippen LogP contribution in [0, 0.1) is 5.82 Å². The van der Waals surface area contributed by atoms with Crippen LogP contribution in [-0.2, 0) is 14.8 Å². The number of amides is 1. The predicted octanol–water partition coefficient (Wildman–Crippen LogP) is 3.28. The zero-order valence-corrected chi connectivity index (χ0v) is 15.8. The van der Waals surface area contributed by atoms with E-state index < -0.39 is 21.9 Å². The molecule has 2 aromatic rings. The molecule has 1 atom stereocenters. The van der Waals surface area contributed by atoms with Crippen molar-refractivity contribution in [3.63, 3.8) is 0 Å². The number of hydrogen-bond acceptors (Lipinski definition) is 4. The quantitative estimate of drug-likeness (QED) is 0.852. The first-order valence-electron chi connectivity index (χ1n) is 8.53. The highest BCUT2D eigenvalue weighted by Crippen LogP contribution is 2.34. The van der Waals surface area contributed by atoms with Crippen molar-refractivity contribution < 1.29 is 17.6 Å². The van der Waals surface area contributed by atoms with Gasteiger partial charge in [0.05, 0.1) is 17.5 Å². The van der Waals surface area contributed by atoms with E-state index in [0.717, 1.165) is 0 Å². The Morgan fingerprint density at radius 2 is 2.00 bits per heavy atom. The molecule has 1 heterocycles. The number of rotatable bonds is 5. The highest BCUT2D eigenvalue weighted by Gasteiger charge is 2.33. The molecular weight excluding hydrogens is 369 g/mol. The summed E-state index contributed by atoms with van der Waals surface area (Å²) >= 11 is 0. The minimum Gasteiger partial charge on any atom is -0.284 e. The Balaban J connectivity index is 1.93. The number of anilines is 1. The fourth-order valence-corrected chi connectivity index (χ4v) is 3.61. The van der Waals surface area contributed by atoms with Gasteiger partial charge in [-0.05, 0) is 30.7 Å². The Labute approximate surface area is 157 Å². The van der Waals surface area contributed by atoms with E-state index in [4.69, 9.17) is 0 Å². The van der Waals surface area contributed by atoms with Crippen LogP contribution < -0.4 is 4.72 Å². The molecule has 6 nitrogen and oxygen atoms in total. The van der Waals surface area contributed by atoms with Crippen LogP contribution in [0.3, 0.4) is 0 Å². The van der Waals surface area contributed by atoms with Crippen LogP contribution in [0.4, 0.5) is 10.1 Å². The van der Waals surface area contributed by atoms with Crippen molar-refractivity contribution in [2.45, 2.75) is 26.3 Å². The van der Waals surface area contributed by atoms with Crippen LogP contribution in [-0.4, -0.2) is 30.8 Å². The number of hydrogen-bond donors (Lipinski definition) is 1. The molecule has 142 valence electrons. The summed E-state index contributed by atoms with van der Waals surface area (Å²) in [7, 11) is -3.40. The molecular formula is C19H20FN3O3S. The highest BCUT2D eigenvalue weighted by molar-refractivity contribution is 7.92. The van der Waals surface area contributed by atoms with Gasteiger partial charge in [0.2, 0.25) is 15.9 Å². The lowest BCUT2D eigenvalue weighted by molar-refractivity contribution is -0.130. The molecule has 1 amide bonds. The van der Waals surface area contributed by atoms with Crippen LogP contribution in [0.25, 0.3) is 0 Å². The van der Waals surface area contributed by atoms with E-state index >= 15 is 0 Å². The number of sulfonamides is 1. The summed E-state index contributed by atoms with van der Waals surface area (Å²) in [6.07, 6.45) is 0.338. The van der Waals surface area contributed by atoms with E-state index in [0.29, 0.717) is 28.9 Å². The largest absolute Gasteiger partial charge is 0.284 e. The van der Waals surface area contributed by atoms with E-state index in [1.54, 1.807) is 49.4 Å². The lowest BCUT2D eigenvalue weighted by Crippen LogP contribution is -2.25. The SMILES string of the molecule is CCS(=O)(=O)Nc1cccc(C2=NN(C(C)=O)[C@H](c3ccccc3F)C2)c1. The summed E-state index contributed by atoms with van der Waals surface area (Å²) in [5.74, 6) is -0.721. The normalized spacial score (nSPS) is 16.9. The smallest absolute Gasteiger partial charge is 0.240 e. The molecule has 0 saturated heterocycles. The standard InChI is InChI=1S/C19H20FN3O3S/c1-3-27(25,26)22-15-8-6-7-14(11-15)18-12-19(23(21-18)13(2)24)16-9-4-5-10-17(16)20/h4-11,19,22H,3,12H2,1-2H3/t19-/m0/s1. The van der Waals surface area contributed by atoms with Gasteiger partial charge >= 0.3 is 0 Å². The number of benzene rings is 2. The van der Waals surface area contributed by atoms with Gasteiger partial charge in [-0.1, -0.05) is 30.3 Å². The number of carbonyl (C=O) groups excluding carboxylic acids is 1. The molecule has 0 fully saturated rings. The van der Waals surface area contributed by atoms with Crippen molar-refractivity contribution in [3.05, 3.63) is 65.5 Å². The van der Waals surface area contributed by atoms with Crippen molar-refractivity contribution >= 4 is 27.3 Å². The first-order valence-corrected chi connectivity index (χ1v) is 10.2. The molecule has 27 heavy (non-hydrogen) atoms. The van der Waals surface area contributed by atoms with Gasteiger partial charge < -0.3 is 0 Å². The van der Waals surface area contributed by atoms with Crippen molar-refractivity contribution in [3.8, 4) is 0 Å². The van der Waals surface area contributed by atoms with E-state index in [1.807, 2.05) is 0 Å². The van der Waals surface area contributed by atoms with Gasteiger partial charge in [-0.3, -0.25) is 9.52 Å². The van der Waals surface area contributed by atoms with Gasteiger partial charge in [-0.2, -0.15) is 5.10 Å². The summed E-state index contributed by atoms with van der Waals surface area (Å²) in [6.45, 7) is 2.93. The van der Waals surface area contributed by atoms with Crippen LogP contribution in [0.5, 0.6) is 0 Å². The van der Waals surface area contributed by atoms with Crippen molar-refractivity contribution in [2.24, 2.45) is 5.10 Å². The third kappa shape index (κ3) is 4.16. The zero-order valence-electron chi connectivity index (χ0n) is 15.0. The predicted molar refractivity (Wildman–Crippen MR) is 102 cm³/mol. The minimum atomic E-state index is -3.40. The lowest BCUT2D eigenvalue weighted by Gasteiger charge is -2.20. The van der Waals surface area contributed by atoms with Crippen LogP contribution in [0.2, 0.25) is 0 Å². The fourth-order valence-electron chi connectivity index (χ4n) is 2.98. The van der Waals surface area contributed by atoms with Crippen molar-refractivity contribution in [1.82, 2.24) is 5.01 Å². The molecule has 2 aromatic carbocycles. The average molecular weight is 389 g/mol. The maximum atomic E-state index is 14.2. The van der Waals surface area contributed by atoms with Crippen molar-refractivity contribution in [1.29, 1.82) is 0 Å². The number of hydrazone groups is 1. The first-order chi connectivity index (χ1) is 12.8. The van der Waals surface area contributed by atoms with Gasteiger partial charge in [0.15, 0.2) is 0 Å². The second-order valence-corrected chi connectivity index (χ2v) is 8.25. The van der Waals surface area contributed by atoms with E-state index in [-0.39, 0.29) is 11.7 Å². The number of carbonyl (C=O) groups is 1. The number of nitrogens with one attached hydrogen (secondary N) is 1. The summed E-state index contributed by atoms with van der Waals surface area (Å²) in [6, 6.07) is 12.6. The first kappa shape index (κ1) is 19.0. The molecule has 0 radical (unpaired) electrons. The summed E-state index contributed by atoms with van der Waals surface area (Å²) < 4.78 is 40.3. The Bertz CT molecular complexity index is 1000. The second-order valence-electron chi connectivity index (χ2n) is 6.24. The third-order valence-corrected chi connectivity index (χ3v) is 5.65. The summed E-state index contributed by atoms with van der Waals surface area (Å²) in [5, 5.41) is 5.65. The Morgan fingerprint density at radius 3 is 2.67 bits per heavy atom. The van der Waals surface area contributed by atoms with E-state index in [2.05, 4.69) is 9.82 Å². The Hall–Kier alpha value is -2.74. The lowest BCUT2D eigenvalue weighted by atomic mass is 9.98. The summed E-state index contributed by atoms with van der Waals surface area (Å²) in [4.78, 5) is 12.0. The molecule has 1 aliphatic heterocycles. The fraction of sp³-hybridized carbons (Fsp3) is 0.263. The minimum absolute atomic E-state index is 0.0361. The molecule has 0 saturated carbocycles. The summed E-state index contributed by atoms with van der Waals surface area (Å²) in [5.41, 5.74) is 2.09. The maximum absolute atomic E-state index is 14.2. The van der Waals surface area contributed by atoms with Gasteiger partial charge in [0.1, 0.15) is 5.82 Å². The highest BCUT2D eigenvalue weighted by atomic mass is 32.2. The molecule has 0 aliphatic carbocycles. The molecule has 0 bridgehead atoms. The van der Waals surface area contributed by atoms with Gasteiger partial charge in [0, 0.05) is 24.6 Å². The number of nitrogens with zero attached hydrogens (tertiary/aromatic N) is 2. The van der Waals surface area contributed by atoms with Crippen LogP contribution >= 0.6 is 0 Å². The third-order valence-electron chi connectivity index (χ3n) is 4.35. The second kappa shape index (κ2) is 7.48. The maximum Gasteiger partial charge on any atom is 0.240 e. The van der Waals surface area contributed by atoms with Gasteiger partial charge in [-0.15, -0.1) is 0 Å². The monoisotopic (exact) mass is 389 g/mol. The molecule has 3 rings (SSSR count). The molecule has 0 unspecified atom stereocenters. The topological polar surface area (TPSA) is 78.8 Å². The van der Waals surface area contributed by atoms with E-state index in [9.17, 15) is 17.6 Å². The Morgan fingerprint density at radius 1 is 1.26 bits per heavy atom. The molecule has 8 heteroatoms. The van der Waals surface area contributed by atoms with Crippen LogP contribution in [0.1, 0.15) is 37.4 Å².